The number of hydrogen-bond acceptors (Lipinski definition) is 2. The largest absolute Gasteiger partial charge is 0.478 e. The van der Waals surface area contributed by atoms with Gasteiger partial charge < -0.3 is 10.0 Å². The van der Waals surface area contributed by atoms with Gasteiger partial charge in [0.25, 0.3) is 0 Å². The molecule has 1 N–H and O–H groups in total. The lowest BCUT2D eigenvalue weighted by Crippen LogP contribution is -2.39. The van der Waals surface area contributed by atoms with Crippen molar-refractivity contribution in [2.75, 3.05) is 18.0 Å². The first-order valence-corrected chi connectivity index (χ1v) is 6.92. The Bertz CT molecular complexity index is 517. The number of carboxylic acid groups (broad SMARTS) is 1. The van der Waals surface area contributed by atoms with Gasteiger partial charge in [0.1, 0.15) is 5.82 Å². The molecular weight excluding hydrogens is 257 g/mol. The Hall–Kier alpha value is -1.84. The van der Waals surface area contributed by atoms with Crippen molar-refractivity contribution in [2.24, 2.45) is 11.8 Å². The molecular formula is C16H20FNO2. The Morgan fingerprint density at radius 1 is 1.35 bits per heavy atom. The Labute approximate surface area is 118 Å². The number of carbonyl (C=O) groups is 1. The minimum Gasteiger partial charge on any atom is -0.478 e. The van der Waals surface area contributed by atoms with Gasteiger partial charge in [-0.05, 0) is 30.4 Å². The molecule has 1 aromatic rings. The second kappa shape index (κ2) is 6.07. The van der Waals surface area contributed by atoms with E-state index in [1.165, 1.54) is 12.1 Å². The predicted molar refractivity (Wildman–Crippen MR) is 78.2 cm³/mol. The number of piperidine rings is 1. The van der Waals surface area contributed by atoms with E-state index in [2.05, 4.69) is 13.8 Å². The minimum atomic E-state index is -1.03. The zero-order valence-corrected chi connectivity index (χ0v) is 11.8. The van der Waals surface area contributed by atoms with Gasteiger partial charge in [0.05, 0.1) is 5.69 Å². The summed E-state index contributed by atoms with van der Waals surface area (Å²) in [6.07, 6.45) is 3.66. The first kappa shape index (κ1) is 14.6. The summed E-state index contributed by atoms with van der Waals surface area (Å²) in [6, 6.07) is 4.79. The number of aliphatic carboxylic acids is 1. The Morgan fingerprint density at radius 3 is 2.60 bits per heavy atom. The first-order chi connectivity index (χ1) is 9.47. The summed E-state index contributed by atoms with van der Waals surface area (Å²) in [5.74, 6) is -0.302. The first-order valence-electron chi connectivity index (χ1n) is 6.92. The maximum Gasteiger partial charge on any atom is 0.328 e. The SMILES string of the molecule is CC1CC(C)CN(c2c(F)cccc2/C=C/C(=O)O)C1. The van der Waals surface area contributed by atoms with Crippen LogP contribution in [-0.2, 0) is 4.79 Å². The van der Waals surface area contributed by atoms with Gasteiger partial charge in [0, 0.05) is 24.7 Å². The fourth-order valence-corrected chi connectivity index (χ4v) is 3.01. The zero-order valence-electron chi connectivity index (χ0n) is 11.8. The molecule has 108 valence electrons. The van der Waals surface area contributed by atoms with Crippen LogP contribution in [0.2, 0.25) is 0 Å². The molecule has 2 rings (SSSR count). The highest BCUT2D eigenvalue weighted by atomic mass is 19.1. The third-order valence-corrected chi connectivity index (χ3v) is 3.61. The van der Waals surface area contributed by atoms with E-state index < -0.39 is 5.97 Å². The van der Waals surface area contributed by atoms with Crippen molar-refractivity contribution in [3.8, 4) is 0 Å². The van der Waals surface area contributed by atoms with Crippen molar-refractivity contribution in [2.45, 2.75) is 20.3 Å². The highest BCUT2D eigenvalue weighted by molar-refractivity contribution is 5.87. The van der Waals surface area contributed by atoms with Crippen molar-refractivity contribution in [3.05, 3.63) is 35.7 Å². The average Bonchev–Trinajstić information content (AvgIpc) is 2.35. The molecule has 0 aromatic heterocycles. The number of anilines is 1. The molecule has 20 heavy (non-hydrogen) atoms. The van der Waals surface area contributed by atoms with Gasteiger partial charge >= 0.3 is 5.97 Å². The van der Waals surface area contributed by atoms with Crippen molar-refractivity contribution >= 4 is 17.7 Å². The van der Waals surface area contributed by atoms with Gasteiger partial charge in [-0.1, -0.05) is 26.0 Å². The zero-order chi connectivity index (χ0) is 14.7. The molecule has 0 amide bonds. The van der Waals surface area contributed by atoms with Gasteiger partial charge in [0.15, 0.2) is 0 Å². The van der Waals surface area contributed by atoms with Crippen molar-refractivity contribution in [1.29, 1.82) is 0 Å². The van der Waals surface area contributed by atoms with E-state index in [-0.39, 0.29) is 5.82 Å². The molecule has 2 atom stereocenters. The molecule has 3 nitrogen and oxygen atoms in total. The summed E-state index contributed by atoms with van der Waals surface area (Å²) in [7, 11) is 0. The van der Waals surface area contributed by atoms with Crippen molar-refractivity contribution in [3.63, 3.8) is 0 Å². The molecule has 1 saturated heterocycles. The molecule has 1 heterocycles. The molecule has 0 radical (unpaired) electrons. The number of carboxylic acids is 1. The fraction of sp³-hybridized carbons (Fsp3) is 0.438. The number of rotatable bonds is 3. The highest BCUT2D eigenvalue weighted by Gasteiger charge is 2.25. The minimum absolute atomic E-state index is 0.293. The molecule has 4 heteroatoms. The van der Waals surface area contributed by atoms with E-state index in [1.807, 2.05) is 4.90 Å². The van der Waals surface area contributed by atoms with E-state index in [0.29, 0.717) is 23.1 Å². The number of hydrogen-bond donors (Lipinski definition) is 1. The topological polar surface area (TPSA) is 40.5 Å². The van der Waals surface area contributed by atoms with E-state index in [9.17, 15) is 9.18 Å². The van der Waals surface area contributed by atoms with Crippen LogP contribution >= 0.6 is 0 Å². The van der Waals surface area contributed by atoms with Crippen LogP contribution < -0.4 is 4.90 Å². The second-order valence-corrected chi connectivity index (χ2v) is 5.70. The van der Waals surface area contributed by atoms with E-state index in [1.54, 1.807) is 12.1 Å². The molecule has 1 aliphatic rings. The highest BCUT2D eigenvalue weighted by Crippen LogP contribution is 2.31. The van der Waals surface area contributed by atoms with Crippen molar-refractivity contribution in [1.82, 2.24) is 0 Å². The monoisotopic (exact) mass is 277 g/mol. The smallest absolute Gasteiger partial charge is 0.328 e. The van der Waals surface area contributed by atoms with E-state index in [0.717, 1.165) is 25.6 Å². The third-order valence-electron chi connectivity index (χ3n) is 3.61. The lowest BCUT2D eigenvalue weighted by molar-refractivity contribution is -0.131. The predicted octanol–water partition coefficient (Wildman–Crippen LogP) is 3.41. The van der Waals surface area contributed by atoms with Crippen LogP contribution in [0.1, 0.15) is 25.8 Å². The quantitative estimate of drug-likeness (QED) is 0.861. The van der Waals surface area contributed by atoms with Crippen molar-refractivity contribution < 1.29 is 14.3 Å². The lowest BCUT2D eigenvalue weighted by Gasteiger charge is -2.37. The van der Waals surface area contributed by atoms with E-state index in [4.69, 9.17) is 5.11 Å². The Morgan fingerprint density at radius 2 is 2.00 bits per heavy atom. The number of benzene rings is 1. The lowest BCUT2D eigenvalue weighted by atomic mass is 9.91. The maximum absolute atomic E-state index is 14.2. The summed E-state index contributed by atoms with van der Waals surface area (Å²) < 4.78 is 14.2. The molecule has 2 unspecified atom stereocenters. The standard InChI is InChI=1S/C16H20FNO2/c1-11-8-12(2)10-18(9-11)16-13(6-7-15(19)20)4-3-5-14(16)17/h3-7,11-12H,8-10H2,1-2H3,(H,19,20)/b7-6+. The second-order valence-electron chi connectivity index (χ2n) is 5.70. The molecule has 0 aliphatic carbocycles. The van der Waals surface area contributed by atoms with Gasteiger partial charge in [-0.3, -0.25) is 0 Å². The normalized spacial score (nSPS) is 23.2. The van der Waals surface area contributed by atoms with Gasteiger partial charge in [0.2, 0.25) is 0 Å². The Kier molecular flexibility index (Phi) is 4.42. The molecule has 1 aliphatic heterocycles. The number of nitrogens with zero attached hydrogens (tertiary/aromatic N) is 1. The number of para-hydroxylation sites is 1. The summed E-state index contributed by atoms with van der Waals surface area (Å²) in [5, 5.41) is 8.74. The van der Waals surface area contributed by atoms with Crippen LogP contribution in [0.25, 0.3) is 6.08 Å². The van der Waals surface area contributed by atoms with E-state index >= 15 is 0 Å². The number of halogens is 1. The molecule has 1 aromatic carbocycles. The molecule has 0 saturated carbocycles. The van der Waals surface area contributed by atoms with Crippen LogP contribution in [-0.4, -0.2) is 24.2 Å². The molecule has 1 fully saturated rings. The molecule has 0 bridgehead atoms. The maximum atomic E-state index is 14.2. The third kappa shape index (κ3) is 3.38. The summed E-state index contributed by atoms with van der Waals surface area (Å²) in [4.78, 5) is 12.7. The van der Waals surface area contributed by atoms with Crippen LogP contribution in [0.3, 0.4) is 0 Å². The van der Waals surface area contributed by atoms with Crippen LogP contribution in [0, 0.1) is 17.7 Å². The summed E-state index contributed by atoms with van der Waals surface area (Å²) in [5.41, 5.74) is 1.14. The Balaban J connectivity index is 2.36. The summed E-state index contributed by atoms with van der Waals surface area (Å²) >= 11 is 0. The van der Waals surface area contributed by atoms with Gasteiger partial charge in [-0.2, -0.15) is 0 Å². The van der Waals surface area contributed by atoms with Crippen LogP contribution in [0.5, 0.6) is 0 Å². The fourth-order valence-electron chi connectivity index (χ4n) is 3.01. The van der Waals surface area contributed by atoms with Gasteiger partial charge in [-0.15, -0.1) is 0 Å². The van der Waals surface area contributed by atoms with Gasteiger partial charge in [-0.25, -0.2) is 9.18 Å². The average molecular weight is 277 g/mol. The van der Waals surface area contributed by atoms with Crippen LogP contribution in [0.15, 0.2) is 24.3 Å². The summed E-state index contributed by atoms with van der Waals surface area (Å²) in [6.45, 7) is 5.94. The van der Waals surface area contributed by atoms with Crippen LogP contribution in [0.4, 0.5) is 10.1 Å². The molecule has 0 spiro atoms.